The fraction of sp³-hybridized carbons (Fsp3) is 0.667. The third kappa shape index (κ3) is 2.58. The number of nitrogens with one attached hydrogen (secondary N) is 1. The van der Waals surface area contributed by atoms with Crippen LogP contribution < -0.4 is 10.1 Å². The average Bonchev–Trinajstić information content (AvgIpc) is 3.01. The third-order valence-corrected chi connectivity index (χ3v) is 5.31. The van der Waals surface area contributed by atoms with Gasteiger partial charge in [0.1, 0.15) is 11.4 Å². The molecule has 0 bridgehead atoms. The lowest BCUT2D eigenvalue weighted by Gasteiger charge is -2.35. The fourth-order valence-electron chi connectivity index (χ4n) is 4.31. The number of hydrogen-bond acceptors (Lipinski definition) is 3. The quantitative estimate of drug-likeness (QED) is 0.904. The molecule has 2 atom stereocenters. The van der Waals surface area contributed by atoms with Crippen LogP contribution in [0.4, 0.5) is 0 Å². The van der Waals surface area contributed by atoms with Gasteiger partial charge in [0.2, 0.25) is 0 Å². The van der Waals surface area contributed by atoms with Crippen molar-refractivity contribution in [3.63, 3.8) is 0 Å². The normalized spacial score (nSPS) is 30.8. The molecule has 3 heteroatoms. The largest absolute Gasteiger partial charge is 0.487 e. The van der Waals surface area contributed by atoms with Gasteiger partial charge in [-0.15, -0.1) is 0 Å². The number of hydrogen-bond donors (Lipinski definition) is 1. The Labute approximate surface area is 127 Å². The summed E-state index contributed by atoms with van der Waals surface area (Å²) in [6.45, 7) is 9.08. The third-order valence-electron chi connectivity index (χ3n) is 5.31. The van der Waals surface area contributed by atoms with Crippen molar-refractivity contribution in [2.75, 3.05) is 19.6 Å². The Hall–Kier alpha value is -1.06. The monoisotopic (exact) mass is 286 g/mol. The van der Waals surface area contributed by atoms with Gasteiger partial charge in [-0.1, -0.05) is 18.2 Å². The molecule has 3 nitrogen and oxygen atoms in total. The van der Waals surface area contributed by atoms with Crippen molar-refractivity contribution >= 4 is 0 Å². The molecule has 2 unspecified atom stereocenters. The summed E-state index contributed by atoms with van der Waals surface area (Å²) in [6, 6.07) is 7.45. The molecule has 0 saturated carbocycles. The van der Waals surface area contributed by atoms with Crippen molar-refractivity contribution in [1.82, 2.24) is 10.2 Å². The smallest absolute Gasteiger partial charge is 0.127 e. The molecule has 0 aliphatic carbocycles. The minimum Gasteiger partial charge on any atom is -0.487 e. The molecule has 0 spiro atoms. The molecule has 1 aromatic carbocycles. The molecule has 0 amide bonds. The molecule has 21 heavy (non-hydrogen) atoms. The van der Waals surface area contributed by atoms with Gasteiger partial charge in [0.15, 0.2) is 0 Å². The molecular weight excluding hydrogens is 260 g/mol. The minimum absolute atomic E-state index is 0.0409. The fourth-order valence-corrected chi connectivity index (χ4v) is 4.31. The number of rotatable bonds is 2. The van der Waals surface area contributed by atoms with Gasteiger partial charge < -0.3 is 10.1 Å². The maximum absolute atomic E-state index is 6.21. The zero-order valence-electron chi connectivity index (χ0n) is 13.2. The van der Waals surface area contributed by atoms with Crippen molar-refractivity contribution in [2.45, 2.75) is 51.3 Å². The van der Waals surface area contributed by atoms with E-state index in [9.17, 15) is 0 Å². The topological polar surface area (TPSA) is 24.5 Å². The predicted molar refractivity (Wildman–Crippen MR) is 84.6 cm³/mol. The summed E-state index contributed by atoms with van der Waals surface area (Å²) >= 11 is 0. The highest BCUT2D eigenvalue weighted by Gasteiger charge is 2.34. The van der Waals surface area contributed by atoms with Crippen LogP contribution in [-0.2, 0) is 13.0 Å². The van der Waals surface area contributed by atoms with E-state index in [4.69, 9.17) is 4.74 Å². The molecule has 3 aliphatic heterocycles. The highest BCUT2D eigenvalue weighted by molar-refractivity contribution is 5.45. The van der Waals surface area contributed by atoms with Crippen molar-refractivity contribution < 1.29 is 4.74 Å². The van der Waals surface area contributed by atoms with Gasteiger partial charge in [0.25, 0.3) is 0 Å². The van der Waals surface area contributed by atoms with Crippen LogP contribution in [0.2, 0.25) is 0 Å². The molecule has 2 fully saturated rings. The maximum atomic E-state index is 6.21. The van der Waals surface area contributed by atoms with Gasteiger partial charge in [-0.3, -0.25) is 4.90 Å². The molecular formula is C18H26N2O. The van der Waals surface area contributed by atoms with Crippen LogP contribution in [0.1, 0.15) is 37.8 Å². The second-order valence-electron chi connectivity index (χ2n) is 7.58. The minimum atomic E-state index is -0.0409. The van der Waals surface area contributed by atoms with E-state index in [0.29, 0.717) is 0 Å². The van der Waals surface area contributed by atoms with E-state index in [0.717, 1.165) is 30.7 Å². The van der Waals surface area contributed by atoms with Crippen LogP contribution in [0.3, 0.4) is 0 Å². The predicted octanol–water partition coefficient (Wildman–Crippen LogP) is 2.58. The summed E-state index contributed by atoms with van der Waals surface area (Å²) in [7, 11) is 0. The number of benzene rings is 1. The molecule has 114 valence electrons. The number of nitrogens with zero attached hydrogens (tertiary/aromatic N) is 1. The lowest BCUT2D eigenvalue weighted by atomic mass is 9.93. The number of para-hydroxylation sites is 1. The SMILES string of the molecule is CC1(C)Cc2cccc(CN3CCC4NCCC4C3)c2O1. The van der Waals surface area contributed by atoms with Gasteiger partial charge in [-0.2, -0.15) is 0 Å². The van der Waals surface area contributed by atoms with Crippen molar-refractivity contribution in [1.29, 1.82) is 0 Å². The zero-order chi connectivity index (χ0) is 14.4. The first-order valence-electron chi connectivity index (χ1n) is 8.36. The first-order valence-corrected chi connectivity index (χ1v) is 8.36. The van der Waals surface area contributed by atoms with E-state index in [1.807, 2.05) is 0 Å². The van der Waals surface area contributed by atoms with E-state index in [1.165, 1.54) is 43.6 Å². The molecule has 1 aromatic rings. The van der Waals surface area contributed by atoms with Crippen LogP contribution >= 0.6 is 0 Å². The Balaban J connectivity index is 1.50. The Morgan fingerprint density at radius 1 is 1.33 bits per heavy atom. The molecule has 1 N–H and O–H groups in total. The second kappa shape index (κ2) is 4.99. The van der Waals surface area contributed by atoms with Crippen LogP contribution in [0.15, 0.2) is 18.2 Å². The molecule has 2 saturated heterocycles. The molecule has 3 heterocycles. The van der Waals surface area contributed by atoms with Crippen LogP contribution in [0.25, 0.3) is 0 Å². The van der Waals surface area contributed by atoms with Crippen LogP contribution in [-0.4, -0.2) is 36.2 Å². The van der Waals surface area contributed by atoms with E-state index in [1.54, 1.807) is 0 Å². The lowest BCUT2D eigenvalue weighted by molar-refractivity contribution is 0.129. The summed E-state index contributed by atoms with van der Waals surface area (Å²) in [4.78, 5) is 2.62. The van der Waals surface area contributed by atoms with Crippen molar-refractivity contribution in [3.05, 3.63) is 29.3 Å². The Morgan fingerprint density at radius 3 is 3.14 bits per heavy atom. The lowest BCUT2D eigenvalue weighted by Crippen LogP contribution is -2.43. The van der Waals surface area contributed by atoms with Crippen molar-refractivity contribution in [3.8, 4) is 5.75 Å². The summed E-state index contributed by atoms with van der Waals surface area (Å²) in [5.41, 5.74) is 2.72. The second-order valence-corrected chi connectivity index (χ2v) is 7.58. The standard InChI is InChI=1S/C18H26N2O/c1-18(2)10-13-4-3-5-15(17(13)21-18)12-20-9-7-16-14(11-20)6-8-19-16/h3-5,14,16,19H,6-12H2,1-2H3. The van der Waals surface area contributed by atoms with Crippen LogP contribution in [0, 0.1) is 5.92 Å². The average molecular weight is 286 g/mol. The van der Waals surface area contributed by atoms with E-state index < -0.39 is 0 Å². The highest BCUT2D eigenvalue weighted by Crippen LogP contribution is 2.38. The maximum Gasteiger partial charge on any atom is 0.127 e. The summed E-state index contributed by atoms with van der Waals surface area (Å²) in [5, 5.41) is 3.64. The number of fused-ring (bicyclic) bond motifs is 2. The summed E-state index contributed by atoms with van der Waals surface area (Å²) in [5.74, 6) is 2.02. The van der Waals surface area contributed by atoms with Gasteiger partial charge in [-0.05, 0) is 51.3 Å². The van der Waals surface area contributed by atoms with Crippen molar-refractivity contribution in [2.24, 2.45) is 5.92 Å². The van der Waals surface area contributed by atoms with Gasteiger partial charge in [-0.25, -0.2) is 0 Å². The van der Waals surface area contributed by atoms with Gasteiger partial charge in [0, 0.05) is 31.1 Å². The Kier molecular flexibility index (Phi) is 3.23. The number of likely N-dealkylation sites (tertiary alicyclic amines) is 1. The molecule has 4 rings (SSSR count). The Bertz CT molecular complexity index is 540. The van der Waals surface area contributed by atoms with Crippen LogP contribution in [0.5, 0.6) is 5.75 Å². The summed E-state index contributed by atoms with van der Waals surface area (Å²) < 4.78 is 6.21. The highest BCUT2D eigenvalue weighted by atomic mass is 16.5. The van der Waals surface area contributed by atoms with Gasteiger partial charge >= 0.3 is 0 Å². The van der Waals surface area contributed by atoms with E-state index in [2.05, 4.69) is 42.3 Å². The molecule has 0 aromatic heterocycles. The zero-order valence-corrected chi connectivity index (χ0v) is 13.2. The molecule has 0 radical (unpaired) electrons. The van der Waals surface area contributed by atoms with E-state index >= 15 is 0 Å². The van der Waals surface area contributed by atoms with Gasteiger partial charge in [0.05, 0.1) is 0 Å². The van der Waals surface area contributed by atoms with E-state index in [-0.39, 0.29) is 5.60 Å². The first kappa shape index (κ1) is 13.6. The first-order chi connectivity index (χ1) is 10.1. The Morgan fingerprint density at radius 2 is 2.24 bits per heavy atom. The summed E-state index contributed by atoms with van der Waals surface area (Å²) in [6.07, 6.45) is 3.68. The number of piperidine rings is 1. The molecule has 3 aliphatic rings. The number of ether oxygens (including phenoxy) is 1.